The average Bonchev–Trinajstić information content (AvgIpc) is 2.60. The number of hydrogen-bond acceptors (Lipinski definition) is 2. The average molecular weight is 344 g/mol. The molecule has 3 heteroatoms. The summed E-state index contributed by atoms with van der Waals surface area (Å²) in [4.78, 5) is 0.883. The number of rotatable bonds is 0. The smallest absolute Gasteiger partial charge is 0.208 e. The zero-order valence-electron chi connectivity index (χ0n) is 13.8. The van der Waals surface area contributed by atoms with Gasteiger partial charge in [-0.25, -0.2) is 8.42 Å². The fourth-order valence-electron chi connectivity index (χ4n) is 4.09. The SMILES string of the molecule is Cc1ccc2cccc3c2c1S(=O)(=O)c1cccc2cccc(c12)C3. The van der Waals surface area contributed by atoms with Gasteiger partial charge in [-0.2, -0.15) is 0 Å². The fraction of sp³-hybridized carbons (Fsp3) is 0.0909. The highest BCUT2D eigenvalue weighted by atomic mass is 32.2. The predicted molar refractivity (Wildman–Crippen MR) is 101 cm³/mol. The van der Waals surface area contributed by atoms with Crippen molar-refractivity contribution in [2.75, 3.05) is 0 Å². The molecule has 0 amide bonds. The molecule has 0 aliphatic carbocycles. The summed E-state index contributed by atoms with van der Waals surface area (Å²) >= 11 is 0. The van der Waals surface area contributed by atoms with Gasteiger partial charge >= 0.3 is 0 Å². The lowest BCUT2D eigenvalue weighted by Gasteiger charge is -2.20. The molecule has 1 aliphatic heterocycles. The van der Waals surface area contributed by atoms with Crippen LogP contribution in [-0.2, 0) is 16.3 Å². The van der Waals surface area contributed by atoms with E-state index in [0.717, 1.165) is 44.7 Å². The maximum absolute atomic E-state index is 13.7. The lowest BCUT2D eigenvalue weighted by Crippen LogP contribution is -2.10. The van der Waals surface area contributed by atoms with E-state index in [0.29, 0.717) is 9.79 Å². The zero-order valence-corrected chi connectivity index (χ0v) is 14.6. The van der Waals surface area contributed by atoms with E-state index in [2.05, 4.69) is 0 Å². The summed E-state index contributed by atoms with van der Waals surface area (Å²) < 4.78 is 27.3. The highest BCUT2D eigenvalue weighted by Crippen LogP contribution is 2.40. The summed E-state index contributed by atoms with van der Waals surface area (Å²) in [6, 6.07) is 21.6. The van der Waals surface area contributed by atoms with Gasteiger partial charge in [0.15, 0.2) is 0 Å². The van der Waals surface area contributed by atoms with Crippen LogP contribution < -0.4 is 0 Å². The van der Waals surface area contributed by atoms with Crippen molar-refractivity contribution in [3.8, 4) is 0 Å². The van der Waals surface area contributed by atoms with Crippen molar-refractivity contribution in [3.05, 3.63) is 83.4 Å². The fourth-order valence-corrected chi connectivity index (χ4v) is 6.09. The Bertz CT molecular complexity index is 1280. The van der Waals surface area contributed by atoms with Crippen LogP contribution in [-0.4, -0.2) is 8.42 Å². The van der Waals surface area contributed by atoms with E-state index in [9.17, 15) is 8.42 Å². The summed E-state index contributed by atoms with van der Waals surface area (Å²) in [5.74, 6) is 0. The minimum absolute atomic E-state index is 0.422. The number of hydrogen-bond donors (Lipinski definition) is 0. The molecule has 5 rings (SSSR count). The minimum atomic E-state index is -3.60. The van der Waals surface area contributed by atoms with Crippen LogP contribution in [0.4, 0.5) is 0 Å². The highest BCUT2D eigenvalue weighted by Gasteiger charge is 2.28. The summed E-state index contributed by atoms with van der Waals surface area (Å²) in [7, 11) is -3.60. The third kappa shape index (κ3) is 1.93. The monoisotopic (exact) mass is 344 g/mol. The van der Waals surface area contributed by atoms with Crippen molar-refractivity contribution in [3.63, 3.8) is 0 Å². The summed E-state index contributed by atoms with van der Waals surface area (Å²) in [6.07, 6.45) is 0.734. The Morgan fingerprint density at radius 3 is 2.04 bits per heavy atom. The lowest BCUT2D eigenvalue weighted by atomic mass is 9.94. The van der Waals surface area contributed by atoms with E-state index in [1.807, 2.05) is 67.6 Å². The van der Waals surface area contributed by atoms with Gasteiger partial charge in [0.05, 0.1) is 9.79 Å². The van der Waals surface area contributed by atoms with Crippen LogP contribution in [0, 0.1) is 6.92 Å². The van der Waals surface area contributed by atoms with Crippen molar-refractivity contribution in [2.45, 2.75) is 23.1 Å². The second kappa shape index (κ2) is 4.93. The Labute approximate surface area is 146 Å². The normalized spacial score (nSPS) is 15.1. The quantitative estimate of drug-likeness (QED) is 0.394. The zero-order chi connectivity index (χ0) is 17.2. The molecule has 4 aromatic carbocycles. The Kier molecular flexibility index (Phi) is 2.89. The van der Waals surface area contributed by atoms with Gasteiger partial charge in [0, 0.05) is 10.8 Å². The van der Waals surface area contributed by atoms with Crippen molar-refractivity contribution in [1.29, 1.82) is 0 Å². The molecule has 25 heavy (non-hydrogen) atoms. The molecule has 1 aliphatic rings. The van der Waals surface area contributed by atoms with Crippen LogP contribution in [0.1, 0.15) is 16.7 Å². The molecule has 0 saturated carbocycles. The first-order chi connectivity index (χ1) is 12.1. The van der Waals surface area contributed by atoms with Gasteiger partial charge in [-0.05, 0) is 46.9 Å². The maximum Gasteiger partial charge on any atom is 0.208 e. The largest absolute Gasteiger partial charge is 0.218 e. The van der Waals surface area contributed by atoms with Crippen LogP contribution in [0.15, 0.2) is 76.5 Å². The number of sulfone groups is 1. The van der Waals surface area contributed by atoms with E-state index in [-0.39, 0.29) is 0 Å². The van der Waals surface area contributed by atoms with E-state index in [1.54, 1.807) is 6.07 Å². The molecule has 0 fully saturated rings. The lowest BCUT2D eigenvalue weighted by molar-refractivity contribution is 0.597. The Morgan fingerprint density at radius 2 is 1.32 bits per heavy atom. The molecular weight excluding hydrogens is 328 g/mol. The second-order valence-electron chi connectivity index (χ2n) is 6.68. The van der Waals surface area contributed by atoms with Crippen molar-refractivity contribution in [1.82, 2.24) is 0 Å². The second-order valence-corrected chi connectivity index (χ2v) is 8.53. The molecule has 2 nitrogen and oxygen atoms in total. The first-order valence-corrected chi connectivity index (χ1v) is 9.82. The summed E-state index contributed by atoms with van der Waals surface area (Å²) in [5, 5.41) is 3.68. The highest BCUT2D eigenvalue weighted by molar-refractivity contribution is 7.92. The predicted octanol–water partition coefficient (Wildman–Crippen LogP) is 5.04. The van der Waals surface area contributed by atoms with Gasteiger partial charge in [-0.3, -0.25) is 0 Å². The molecule has 0 saturated heterocycles. The van der Waals surface area contributed by atoms with Crippen LogP contribution >= 0.6 is 0 Å². The van der Waals surface area contributed by atoms with Crippen molar-refractivity contribution >= 4 is 31.4 Å². The summed E-state index contributed by atoms with van der Waals surface area (Å²) in [6.45, 7) is 1.89. The summed E-state index contributed by atoms with van der Waals surface area (Å²) in [5.41, 5.74) is 2.94. The standard InChI is InChI=1S/C22H16O2S/c1-14-11-12-16-6-3-9-18-13-17-8-2-5-15-7-4-10-19(20(15)17)25(23,24)22(14)21(16)18/h2-12H,13H2,1H3. The van der Waals surface area contributed by atoms with Crippen LogP contribution in [0.25, 0.3) is 21.5 Å². The molecule has 0 bridgehead atoms. The first-order valence-electron chi connectivity index (χ1n) is 8.34. The molecule has 4 aromatic rings. The van der Waals surface area contributed by atoms with E-state index >= 15 is 0 Å². The van der Waals surface area contributed by atoms with Gasteiger partial charge in [-0.1, -0.05) is 60.7 Å². The number of benzene rings is 4. The molecule has 0 unspecified atom stereocenters. The Balaban J connectivity index is 2.08. The maximum atomic E-state index is 13.7. The van der Waals surface area contributed by atoms with Crippen LogP contribution in [0.3, 0.4) is 0 Å². The van der Waals surface area contributed by atoms with Crippen LogP contribution in [0.5, 0.6) is 0 Å². The molecule has 1 heterocycles. The van der Waals surface area contributed by atoms with Gasteiger partial charge in [0.2, 0.25) is 9.84 Å². The molecule has 122 valence electrons. The van der Waals surface area contributed by atoms with E-state index in [1.165, 1.54) is 0 Å². The van der Waals surface area contributed by atoms with Gasteiger partial charge in [0.25, 0.3) is 0 Å². The molecule has 0 spiro atoms. The first kappa shape index (κ1) is 14.7. The molecule has 0 N–H and O–H groups in total. The van der Waals surface area contributed by atoms with E-state index in [4.69, 9.17) is 0 Å². The van der Waals surface area contributed by atoms with Crippen LogP contribution in [0.2, 0.25) is 0 Å². The topological polar surface area (TPSA) is 34.1 Å². The molecular formula is C22H16O2S. The third-order valence-electron chi connectivity index (χ3n) is 5.17. The minimum Gasteiger partial charge on any atom is -0.218 e. The van der Waals surface area contributed by atoms with Gasteiger partial charge in [-0.15, -0.1) is 0 Å². The van der Waals surface area contributed by atoms with Gasteiger partial charge < -0.3 is 0 Å². The number of aryl methyl sites for hydroxylation is 1. The molecule has 0 aromatic heterocycles. The molecule has 0 radical (unpaired) electrons. The van der Waals surface area contributed by atoms with Crippen molar-refractivity contribution < 1.29 is 8.42 Å². The third-order valence-corrected chi connectivity index (χ3v) is 7.16. The Hall–Kier alpha value is -2.65. The van der Waals surface area contributed by atoms with E-state index < -0.39 is 9.84 Å². The van der Waals surface area contributed by atoms with Crippen molar-refractivity contribution in [2.24, 2.45) is 0 Å². The Morgan fingerprint density at radius 1 is 0.720 bits per heavy atom. The molecule has 0 atom stereocenters. The van der Waals surface area contributed by atoms with Gasteiger partial charge in [0.1, 0.15) is 0 Å².